The summed E-state index contributed by atoms with van der Waals surface area (Å²) in [4.78, 5) is 42.5. The molecule has 134 valence electrons. The van der Waals surface area contributed by atoms with Crippen molar-refractivity contribution in [1.82, 2.24) is 28.7 Å². The van der Waals surface area contributed by atoms with Gasteiger partial charge in [0.1, 0.15) is 24.8 Å². The van der Waals surface area contributed by atoms with Gasteiger partial charge >= 0.3 is 6.03 Å². The molecule has 0 aliphatic carbocycles. The third-order valence-corrected chi connectivity index (χ3v) is 2.32. The van der Waals surface area contributed by atoms with Gasteiger partial charge in [0.05, 0.1) is 0 Å². The summed E-state index contributed by atoms with van der Waals surface area (Å²) in [5.74, 6) is 0.155. The van der Waals surface area contributed by atoms with Crippen LogP contribution in [-0.2, 0) is 4.79 Å². The average molecular weight is 346 g/mol. The fourth-order valence-electron chi connectivity index (χ4n) is 1.32. The van der Waals surface area contributed by atoms with Gasteiger partial charge in [-0.25, -0.2) is 19.7 Å². The van der Waals surface area contributed by atoms with Gasteiger partial charge in [-0.1, -0.05) is 7.43 Å². The lowest BCUT2D eigenvalue weighted by atomic mass is 10.6. The number of imidazole rings is 3. The van der Waals surface area contributed by atoms with Crippen molar-refractivity contribution in [2.75, 3.05) is 0 Å². The van der Waals surface area contributed by atoms with E-state index in [-0.39, 0.29) is 25.1 Å². The van der Waals surface area contributed by atoms with Crippen LogP contribution < -0.4 is 0 Å². The number of carbonyl (C=O) groups is 3. The standard InChI is InChI=1S/C7H6N4O.C5H6N2O.C3H6O.CH4/c12-7(10-3-1-8-5-10)11-4-2-9-6-11;1-5(8)7-3-2-6-4-7;1-3(2)4;/h1-6H;2-4H,1H3;1-2H3;1H4. The minimum Gasteiger partial charge on any atom is -0.300 e. The van der Waals surface area contributed by atoms with E-state index in [0.717, 1.165) is 0 Å². The predicted molar refractivity (Wildman–Crippen MR) is 92.3 cm³/mol. The van der Waals surface area contributed by atoms with Gasteiger partial charge in [0, 0.05) is 44.1 Å². The number of carbonyl (C=O) groups excluding carboxylic acids is 3. The van der Waals surface area contributed by atoms with Crippen molar-refractivity contribution in [2.24, 2.45) is 0 Å². The topological polar surface area (TPSA) is 105 Å². The molecule has 0 unspecified atom stereocenters. The molecule has 0 aromatic carbocycles. The molecular weight excluding hydrogens is 324 g/mol. The van der Waals surface area contributed by atoms with Crippen LogP contribution >= 0.6 is 0 Å². The molecule has 3 aromatic heterocycles. The highest BCUT2D eigenvalue weighted by Gasteiger charge is 2.03. The summed E-state index contributed by atoms with van der Waals surface area (Å²) in [5, 5.41) is 0. The van der Waals surface area contributed by atoms with Gasteiger partial charge in [-0.2, -0.15) is 0 Å². The fraction of sp³-hybridized carbons (Fsp3) is 0.250. The lowest BCUT2D eigenvalue weighted by Gasteiger charge is -1.98. The Balaban J connectivity index is 0.000000387. The summed E-state index contributed by atoms with van der Waals surface area (Å²) in [6.45, 7) is 4.54. The summed E-state index contributed by atoms with van der Waals surface area (Å²) < 4.78 is 4.17. The Morgan fingerprint density at radius 3 is 1.20 bits per heavy atom. The maximum atomic E-state index is 11.4. The molecule has 0 bridgehead atoms. The smallest absolute Gasteiger partial charge is 0.300 e. The maximum absolute atomic E-state index is 11.4. The molecule has 0 aliphatic heterocycles. The van der Waals surface area contributed by atoms with Crippen LogP contribution in [0.3, 0.4) is 0 Å². The minimum absolute atomic E-state index is 0. The van der Waals surface area contributed by atoms with Crippen molar-refractivity contribution in [2.45, 2.75) is 28.2 Å². The molecule has 0 radical (unpaired) electrons. The summed E-state index contributed by atoms with van der Waals surface area (Å²) in [6.07, 6.45) is 13.8. The number of rotatable bonds is 0. The van der Waals surface area contributed by atoms with E-state index in [1.54, 1.807) is 37.2 Å². The van der Waals surface area contributed by atoms with E-state index in [4.69, 9.17) is 0 Å². The quantitative estimate of drug-likeness (QED) is 0.619. The largest absolute Gasteiger partial charge is 0.338 e. The van der Waals surface area contributed by atoms with Crippen LogP contribution in [0, 0.1) is 0 Å². The van der Waals surface area contributed by atoms with E-state index in [9.17, 15) is 14.4 Å². The van der Waals surface area contributed by atoms with E-state index < -0.39 is 0 Å². The molecular formula is C16H22N6O3. The monoisotopic (exact) mass is 346 g/mol. The van der Waals surface area contributed by atoms with Gasteiger partial charge in [0.15, 0.2) is 0 Å². The SMILES string of the molecule is C.CC(=O)n1ccnc1.CC(C)=O.O=C(n1ccnc1)n1ccnc1. The van der Waals surface area contributed by atoms with Crippen molar-refractivity contribution in [3.63, 3.8) is 0 Å². The normalized spacial score (nSPS) is 8.76. The highest BCUT2D eigenvalue weighted by Crippen LogP contribution is 1.92. The molecule has 3 rings (SSSR count). The Hall–Kier alpha value is -3.36. The second-order valence-corrected chi connectivity index (χ2v) is 4.62. The molecule has 25 heavy (non-hydrogen) atoms. The summed E-state index contributed by atoms with van der Waals surface area (Å²) in [6, 6.07) is -0.190. The van der Waals surface area contributed by atoms with Gasteiger partial charge in [-0.3, -0.25) is 18.5 Å². The van der Waals surface area contributed by atoms with Crippen LogP contribution in [0.4, 0.5) is 4.79 Å². The fourth-order valence-corrected chi connectivity index (χ4v) is 1.32. The van der Waals surface area contributed by atoms with Crippen molar-refractivity contribution in [3.8, 4) is 0 Å². The molecule has 9 nitrogen and oxygen atoms in total. The Bertz CT molecular complexity index is 706. The second-order valence-electron chi connectivity index (χ2n) is 4.62. The van der Waals surface area contributed by atoms with Gasteiger partial charge < -0.3 is 4.79 Å². The zero-order valence-corrected chi connectivity index (χ0v) is 13.6. The number of nitrogens with zero attached hydrogens (tertiary/aromatic N) is 6. The van der Waals surface area contributed by atoms with E-state index >= 15 is 0 Å². The predicted octanol–water partition coefficient (Wildman–Crippen LogP) is 2.37. The number of Topliss-reactive ketones (excluding diaryl/α,β-unsaturated/α-hetero) is 1. The van der Waals surface area contributed by atoms with E-state index in [1.807, 2.05) is 0 Å². The van der Waals surface area contributed by atoms with E-state index in [1.165, 1.54) is 53.5 Å². The van der Waals surface area contributed by atoms with Crippen LogP contribution in [0.15, 0.2) is 56.2 Å². The molecule has 3 aromatic rings. The molecule has 0 atom stereocenters. The van der Waals surface area contributed by atoms with E-state index in [0.29, 0.717) is 0 Å². The molecule has 0 aliphatic rings. The zero-order valence-electron chi connectivity index (χ0n) is 13.6. The third-order valence-electron chi connectivity index (χ3n) is 2.32. The molecule has 0 saturated heterocycles. The lowest BCUT2D eigenvalue weighted by molar-refractivity contribution is -0.115. The highest BCUT2D eigenvalue weighted by atomic mass is 16.2. The molecule has 0 N–H and O–H groups in total. The number of hydrogen-bond donors (Lipinski definition) is 0. The first-order valence-corrected chi connectivity index (χ1v) is 6.88. The van der Waals surface area contributed by atoms with Crippen molar-refractivity contribution in [3.05, 3.63) is 56.2 Å². The Morgan fingerprint density at radius 2 is 1.00 bits per heavy atom. The Kier molecular flexibility index (Phi) is 9.71. The average Bonchev–Trinajstić information content (AvgIpc) is 3.28. The molecule has 0 saturated carbocycles. The zero-order chi connectivity index (χ0) is 17.9. The Morgan fingerprint density at radius 1 is 0.680 bits per heavy atom. The summed E-state index contributed by atoms with van der Waals surface area (Å²) in [7, 11) is 0. The van der Waals surface area contributed by atoms with Crippen molar-refractivity contribution >= 4 is 17.7 Å². The van der Waals surface area contributed by atoms with Gasteiger partial charge in [-0.05, 0) is 13.8 Å². The van der Waals surface area contributed by atoms with Crippen molar-refractivity contribution in [1.29, 1.82) is 0 Å². The van der Waals surface area contributed by atoms with Gasteiger partial charge in [0.2, 0.25) is 5.91 Å². The maximum Gasteiger partial charge on any atom is 0.338 e. The van der Waals surface area contributed by atoms with Gasteiger partial charge in [-0.15, -0.1) is 0 Å². The summed E-state index contributed by atoms with van der Waals surface area (Å²) in [5.41, 5.74) is 0. The van der Waals surface area contributed by atoms with Crippen LogP contribution in [0.2, 0.25) is 0 Å². The van der Waals surface area contributed by atoms with E-state index in [2.05, 4.69) is 15.0 Å². The molecule has 0 spiro atoms. The van der Waals surface area contributed by atoms with Crippen LogP contribution in [0.1, 0.15) is 33.0 Å². The highest BCUT2D eigenvalue weighted by molar-refractivity contribution is 5.78. The second kappa shape index (κ2) is 11.2. The van der Waals surface area contributed by atoms with Crippen LogP contribution in [-0.4, -0.2) is 46.4 Å². The lowest BCUT2D eigenvalue weighted by Crippen LogP contribution is -2.15. The minimum atomic E-state index is -0.190. The number of aromatic nitrogens is 6. The molecule has 9 heteroatoms. The number of ketones is 1. The molecule has 3 heterocycles. The summed E-state index contributed by atoms with van der Waals surface area (Å²) >= 11 is 0. The van der Waals surface area contributed by atoms with Crippen LogP contribution in [0.25, 0.3) is 0 Å². The Labute approximate surface area is 146 Å². The molecule has 0 fully saturated rings. The first-order chi connectivity index (χ1) is 11.4. The number of hydrogen-bond acceptors (Lipinski definition) is 6. The third kappa shape index (κ3) is 8.16. The van der Waals surface area contributed by atoms with Crippen LogP contribution in [0.5, 0.6) is 0 Å². The van der Waals surface area contributed by atoms with Crippen molar-refractivity contribution < 1.29 is 14.4 Å². The first kappa shape index (κ1) is 21.6. The molecule has 0 amide bonds. The first-order valence-electron chi connectivity index (χ1n) is 6.88. The van der Waals surface area contributed by atoms with Gasteiger partial charge in [0.25, 0.3) is 0 Å².